The lowest BCUT2D eigenvalue weighted by Gasteiger charge is -2.44. The van der Waals surface area contributed by atoms with Gasteiger partial charge in [0, 0.05) is 19.6 Å². The van der Waals surface area contributed by atoms with Gasteiger partial charge in [0.25, 0.3) is 0 Å². The minimum Gasteiger partial charge on any atom is -0.396 e. The smallest absolute Gasteiger partial charge is 0.114 e. The van der Waals surface area contributed by atoms with E-state index in [2.05, 4.69) is 32.6 Å². The zero-order valence-corrected chi connectivity index (χ0v) is 22.5. The molecule has 35 heavy (non-hydrogen) atoms. The summed E-state index contributed by atoms with van der Waals surface area (Å²) in [4.78, 5) is 0. The molecule has 3 aliphatic rings. The molecular weight excluding hydrogens is 440 g/mol. The molecule has 5 heteroatoms. The summed E-state index contributed by atoms with van der Waals surface area (Å²) in [5.74, 6) is 1.98. The van der Waals surface area contributed by atoms with Gasteiger partial charge in [-0.25, -0.2) is 0 Å². The van der Waals surface area contributed by atoms with Gasteiger partial charge in [0.05, 0.1) is 11.7 Å². The second kappa shape index (κ2) is 12.0. The third kappa shape index (κ3) is 6.87. The first-order valence-corrected chi connectivity index (χ1v) is 13.9. The van der Waals surface area contributed by atoms with Gasteiger partial charge in [0.15, 0.2) is 0 Å². The van der Waals surface area contributed by atoms with Gasteiger partial charge in [-0.05, 0) is 93.1 Å². The quantitative estimate of drug-likeness (QED) is 0.321. The molecule has 5 nitrogen and oxygen atoms in total. The minimum absolute atomic E-state index is 0.0269. The number of hydrogen-bond donors (Lipinski definition) is 4. The topological polar surface area (TPSA) is 90.2 Å². The molecule has 0 saturated heterocycles. The van der Waals surface area contributed by atoms with E-state index in [1.807, 2.05) is 13.8 Å². The van der Waals surface area contributed by atoms with Crippen molar-refractivity contribution in [1.82, 2.24) is 0 Å². The van der Waals surface area contributed by atoms with Gasteiger partial charge in [-0.1, -0.05) is 51.0 Å². The third-order valence-electron chi connectivity index (χ3n) is 9.17. The van der Waals surface area contributed by atoms with Crippen LogP contribution in [-0.4, -0.2) is 57.6 Å². The maximum absolute atomic E-state index is 10.7. The molecule has 3 saturated carbocycles. The van der Waals surface area contributed by atoms with Gasteiger partial charge in [-0.15, -0.1) is 0 Å². The molecule has 0 heterocycles. The van der Waals surface area contributed by atoms with E-state index < -0.39 is 23.9 Å². The van der Waals surface area contributed by atoms with Crippen LogP contribution in [0, 0.1) is 23.2 Å². The highest BCUT2D eigenvalue weighted by Gasteiger charge is 2.50. The standard InChI is InChI=1S/C30H50O5/c1-20(9-6-15-29(3,4)34)24-13-14-25-22(10-7-16-30(24,25)5)11-12-23-19-26(32)28(27(33)21(23)2)35-18-8-17-31/h11-12,20,24-28,31-34H,2,6-10,13-19H2,1,3-5H3/b22-11+,23-12+/t20-,24-,25+,26-,27-,28+,30-/m1/s1. The third-order valence-corrected chi connectivity index (χ3v) is 9.17. The van der Waals surface area contributed by atoms with Crippen LogP contribution < -0.4 is 0 Å². The molecule has 3 aliphatic carbocycles. The van der Waals surface area contributed by atoms with E-state index in [0.717, 1.165) is 30.8 Å². The molecular formula is C30H50O5. The Morgan fingerprint density at radius 2 is 1.94 bits per heavy atom. The highest BCUT2D eigenvalue weighted by atomic mass is 16.5. The van der Waals surface area contributed by atoms with Crippen molar-refractivity contribution in [2.24, 2.45) is 23.2 Å². The molecule has 0 spiro atoms. The van der Waals surface area contributed by atoms with Crippen LogP contribution in [-0.2, 0) is 4.74 Å². The lowest BCUT2D eigenvalue weighted by Crippen LogP contribution is -2.45. The van der Waals surface area contributed by atoms with Crippen LogP contribution in [0.15, 0.2) is 35.5 Å². The fraction of sp³-hybridized carbons (Fsp3) is 0.800. The maximum Gasteiger partial charge on any atom is 0.114 e. The molecule has 0 aromatic rings. The summed E-state index contributed by atoms with van der Waals surface area (Å²) in [6.07, 6.45) is 12.1. The molecule has 7 atom stereocenters. The Bertz CT molecular complexity index is 778. The number of aliphatic hydroxyl groups is 4. The Kier molecular flexibility index (Phi) is 9.84. The van der Waals surface area contributed by atoms with E-state index in [9.17, 15) is 15.3 Å². The number of fused-ring (bicyclic) bond motifs is 1. The van der Waals surface area contributed by atoms with E-state index >= 15 is 0 Å². The molecule has 4 N–H and O–H groups in total. The fourth-order valence-corrected chi connectivity index (χ4v) is 7.21. The van der Waals surface area contributed by atoms with Crippen molar-refractivity contribution in [1.29, 1.82) is 0 Å². The second-order valence-corrected chi connectivity index (χ2v) is 12.4. The SMILES string of the molecule is C=C1/C(=C/C=C2\CCC[C@]3(C)[C@@H]([C@H](C)CCCC(C)(C)O)CC[C@@H]23)C[C@@H](O)[C@H](OCCCO)[C@@H]1O. The first-order valence-electron chi connectivity index (χ1n) is 13.9. The molecule has 0 aromatic carbocycles. The molecule has 0 bridgehead atoms. The summed E-state index contributed by atoms with van der Waals surface area (Å²) in [6, 6.07) is 0. The highest BCUT2D eigenvalue weighted by Crippen LogP contribution is 2.60. The summed E-state index contributed by atoms with van der Waals surface area (Å²) in [6.45, 7) is 13.2. The summed E-state index contributed by atoms with van der Waals surface area (Å²) in [5, 5.41) is 40.4. The van der Waals surface area contributed by atoms with Crippen molar-refractivity contribution in [2.45, 2.75) is 116 Å². The van der Waals surface area contributed by atoms with Crippen LogP contribution in [0.5, 0.6) is 0 Å². The fourth-order valence-electron chi connectivity index (χ4n) is 7.21. The number of hydrogen-bond acceptors (Lipinski definition) is 5. The number of aliphatic hydroxyl groups excluding tert-OH is 3. The molecule has 0 radical (unpaired) electrons. The molecule has 0 unspecified atom stereocenters. The predicted octanol–water partition coefficient (Wildman–Crippen LogP) is 5.08. The van der Waals surface area contributed by atoms with Crippen molar-refractivity contribution in [3.05, 3.63) is 35.5 Å². The Hall–Kier alpha value is -0.980. The number of ether oxygens (including phenoxy) is 1. The first-order chi connectivity index (χ1) is 16.5. The normalized spacial score (nSPS) is 37.1. The van der Waals surface area contributed by atoms with Crippen LogP contribution in [0.3, 0.4) is 0 Å². The Morgan fingerprint density at radius 1 is 1.20 bits per heavy atom. The average Bonchev–Trinajstić information content (AvgIpc) is 3.14. The Labute approximate surface area is 213 Å². The van der Waals surface area contributed by atoms with Crippen LogP contribution in [0.1, 0.15) is 91.9 Å². The van der Waals surface area contributed by atoms with Crippen molar-refractivity contribution in [3.8, 4) is 0 Å². The molecule has 0 aromatic heterocycles. The minimum atomic E-state index is -0.931. The maximum atomic E-state index is 10.7. The van der Waals surface area contributed by atoms with Gasteiger partial charge in [-0.3, -0.25) is 0 Å². The number of rotatable bonds is 10. The zero-order valence-electron chi connectivity index (χ0n) is 22.5. The largest absolute Gasteiger partial charge is 0.396 e. The molecule has 0 amide bonds. The summed E-state index contributed by atoms with van der Waals surface area (Å²) in [5.41, 5.74) is 2.79. The van der Waals surface area contributed by atoms with Gasteiger partial charge < -0.3 is 25.2 Å². The Morgan fingerprint density at radius 3 is 2.63 bits per heavy atom. The summed E-state index contributed by atoms with van der Waals surface area (Å²) < 4.78 is 5.63. The summed E-state index contributed by atoms with van der Waals surface area (Å²) >= 11 is 0. The lowest BCUT2D eigenvalue weighted by atomic mass is 9.60. The van der Waals surface area contributed by atoms with Crippen LogP contribution in [0.25, 0.3) is 0 Å². The Balaban J connectivity index is 1.67. The van der Waals surface area contributed by atoms with Crippen molar-refractivity contribution in [2.75, 3.05) is 13.2 Å². The van der Waals surface area contributed by atoms with Crippen molar-refractivity contribution in [3.63, 3.8) is 0 Å². The van der Waals surface area contributed by atoms with Crippen LogP contribution >= 0.6 is 0 Å². The lowest BCUT2D eigenvalue weighted by molar-refractivity contribution is -0.0968. The molecule has 3 rings (SSSR count). The van der Waals surface area contributed by atoms with Crippen molar-refractivity contribution < 1.29 is 25.2 Å². The van der Waals surface area contributed by atoms with Gasteiger partial charge in [0.1, 0.15) is 12.2 Å². The van der Waals surface area contributed by atoms with Crippen molar-refractivity contribution >= 4 is 0 Å². The monoisotopic (exact) mass is 490 g/mol. The van der Waals surface area contributed by atoms with Crippen LogP contribution in [0.4, 0.5) is 0 Å². The molecule has 200 valence electrons. The van der Waals surface area contributed by atoms with Crippen LogP contribution in [0.2, 0.25) is 0 Å². The van der Waals surface area contributed by atoms with E-state index in [4.69, 9.17) is 9.84 Å². The predicted molar refractivity (Wildman–Crippen MR) is 141 cm³/mol. The zero-order chi connectivity index (χ0) is 25.8. The highest BCUT2D eigenvalue weighted by molar-refractivity contribution is 5.40. The van der Waals surface area contributed by atoms with E-state index in [1.165, 1.54) is 37.7 Å². The van der Waals surface area contributed by atoms with E-state index in [-0.39, 0.29) is 6.61 Å². The number of allylic oxidation sites excluding steroid dienone is 3. The average molecular weight is 491 g/mol. The molecule has 3 fully saturated rings. The van der Waals surface area contributed by atoms with E-state index in [0.29, 0.717) is 42.3 Å². The molecule has 0 aliphatic heterocycles. The van der Waals surface area contributed by atoms with Gasteiger partial charge in [0.2, 0.25) is 0 Å². The first kappa shape index (κ1) is 28.6. The van der Waals surface area contributed by atoms with Gasteiger partial charge >= 0.3 is 0 Å². The second-order valence-electron chi connectivity index (χ2n) is 12.4. The van der Waals surface area contributed by atoms with Gasteiger partial charge in [-0.2, -0.15) is 0 Å². The van der Waals surface area contributed by atoms with E-state index in [1.54, 1.807) is 0 Å². The summed E-state index contributed by atoms with van der Waals surface area (Å²) in [7, 11) is 0.